The number of carbonyl (C=O) groups is 1. The Bertz CT molecular complexity index is 310. The van der Waals surface area contributed by atoms with Crippen molar-refractivity contribution < 1.29 is 9.53 Å². The van der Waals surface area contributed by atoms with Crippen LogP contribution in [0.4, 0.5) is 0 Å². The summed E-state index contributed by atoms with van der Waals surface area (Å²) in [6.45, 7) is 4.93. The molecule has 20 heavy (non-hydrogen) atoms. The fourth-order valence-corrected chi connectivity index (χ4v) is 2.58. The van der Waals surface area contributed by atoms with Crippen molar-refractivity contribution in [3.8, 4) is 0 Å². The van der Waals surface area contributed by atoms with Crippen LogP contribution in [0.25, 0.3) is 0 Å². The van der Waals surface area contributed by atoms with E-state index in [4.69, 9.17) is 4.74 Å². The third-order valence-corrected chi connectivity index (χ3v) is 3.85. The Labute approximate surface area is 122 Å². The van der Waals surface area contributed by atoms with E-state index in [0.717, 1.165) is 38.4 Å². The standard InChI is InChI=1S/C15H29N3O2/c1-4-5-6-7-10-17-15(16-2)18-11-8-13(9-12-18)14(19)20-3/h13H,4-12H2,1-3H3,(H,16,17). The number of carbonyl (C=O) groups excluding carboxylic acids is 1. The zero-order valence-corrected chi connectivity index (χ0v) is 13.2. The maximum Gasteiger partial charge on any atom is 0.308 e. The van der Waals surface area contributed by atoms with E-state index < -0.39 is 0 Å². The summed E-state index contributed by atoms with van der Waals surface area (Å²) in [4.78, 5) is 18.1. The third kappa shape index (κ3) is 5.39. The number of hydrogen-bond acceptors (Lipinski definition) is 3. The second-order valence-corrected chi connectivity index (χ2v) is 5.32. The summed E-state index contributed by atoms with van der Waals surface area (Å²) in [5.74, 6) is 0.941. The Morgan fingerprint density at radius 3 is 2.55 bits per heavy atom. The molecule has 0 aromatic carbocycles. The lowest BCUT2D eigenvalue weighted by molar-refractivity contribution is -0.146. The fourth-order valence-electron chi connectivity index (χ4n) is 2.58. The highest BCUT2D eigenvalue weighted by atomic mass is 16.5. The molecule has 1 heterocycles. The van der Waals surface area contributed by atoms with Crippen molar-refractivity contribution in [3.05, 3.63) is 0 Å². The minimum Gasteiger partial charge on any atom is -0.469 e. The molecule has 1 saturated heterocycles. The van der Waals surface area contributed by atoms with E-state index in [-0.39, 0.29) is 11.9 Å². The zero-order chi connectivity index (χ0) is 14.8. The van der Waals surface area contributed by atoms with Crippen LogP contribution in [-0.4, -0.2) is 50.6 Å². The van der Waals surface area contributed by atoms with Crippen molar-refractivity contribution in [1.82, 2.24) is 10.2 Å². The van der Waals surface area contributed by atoms with E-state index in [1.807, 2.05) is 7.05 Å². The molecule has 1 aliphatic rings. The number of methoxy groups -OCH3 is 1. The highest BCUT2D eigenvalue weighted by Gasteiger charge is 2.26. The SMILES string of the molecule is CCCCCCNC(=NC)N1CCC(C(=O)OC)CC1. The number of nitrogens with one attached hydrogen (secondary N) is 1. The molecule has 0 spiro atoms. The van der Waals surface area contributed by atoms with Gasteiger partial charge in [-0.15, -0.1) is 0 Å². The monoisotopic (exact) mass is 283 g/mol. The van der Waals surface area contributed by atoms with Crippen molar-refractivity contribution in [2.75, 3.05) is 33.8 Å². The smallest absolute Gasteiger partial charge is 0.308 e. The van der Waals surface area contributed by atoms with Crippen LogP contribution in [0.5, 0.6) is 0 Å². The summed E-state index contributed by atoms with van der Waals surface area (Å²) in [6.07, 6.45) is 6.71. The largest absolute Gasteiger partial charge is 0.469 e. The molecule has 1 aliphatic heterocycles. The number of unbranched alkanes of at least 4 members (excludes halogenated alkanes) is 3. The second-order valence-electron chi connectivity index (χ2n) is 5.32. The lowest BCUT2D eigenvalue weighted by Crippen LogP contribution is -2.46. The van der Waals surface area contributed by atoms with Gasteiger partial charge in [-0.3, -0.25) is 9.79 Å². The first-order chi connectivity index (χ1) is 9.72. The van der Waals surface area contributed by atoms with Gasteiger partial charge in [0.1, 0.15) is 0 Å². The quantitative estimate of drug-likeness (QED) is 0.351. The highest BCUT2D eigenvalue weighted by Crippen LogP contribution is 2.18. The molecule has 0 aromatic heterocycles. The van der Waals surface area contributed by atoms with E-state index in [0.29, 0.717) is 0 Å². The van der Waals surface area contributed by atoms with Crippen molar-refractivity contribution in [3.63, 3.8) is 0 Å². The highest BCUT2D eigenvalue weighted by molar-refractivity contribution is 5.80. The first kappa shape index (κ1) is 16.8. The number of piperidine rings is 1. The maximum atomic E-state index is 11.5. The molecule has 0 saturated carbocycles. The van der Waals surface area contributed by atoms with Crippen LogP contribution < -0.4 is 5.32 Å². The normalized spacial score (nSPS) is 17.1. The molecule has 0 radical (unpaired) electrons. The van der Waals surface area contributed by atoms with E-state index in [1.54, 1.807) is 0 Å². The molecular formula is C15H29N3O2. The molecule has 1 rings (SSSR count). The van der Waals surface area contributed by atoms with Crippen LogP contribution in [0.3, 0.4) is 0 Å². The number of guanidine groups is 1. The summed E-state index contributed by atoms with van der Waals surface area (Å²) in [5.41, 5.74) is 0. The summed E-state index contributed by atoms with van der Waals surface area (Å²) < 4.78 is 4.81. The molecule has 1 N–H and O–H groups in total. The lowest BCUT2D eigenvalue weighted by Gasteiger charge is -2.33. The van der Waals surface area contributed by atoms with Gasteiger partial charge in [-0.2, -0.15) is 0 Å². The third-order valence-electron chi connectivity index (χ3n) is 3.85. The van der Waals surface area contributed by atoms with E-state index in [9.17, 15) is 4.79 Å². The molecule has 0 aliphatic carbocycles. The summed E-state index contributed by atoms with van der Waals surface area (Å²) >= 11 is 0. The van der Waals surface area contributed by atoms with Crippen molar-refractivity contribution in [2.45, 2.75) is 45.4 Å². The predicted molar refractivity (Wildman–Crippen MR) is 81.8 cm³/mol. The first-order valence-corrected chi connectivity index (χ1v) is 7.76. The Kier molecular flexibility index (Phi) is 8.07. The second kappa shape index (κ2) is 9.61. The van der Waals surface area contributed by atoms with E-state index >= 15 is 0 Å². The molecule has 0 aromatic rings. The average molecular weight is 283 g/mol. The Hall–Kier alpha value is -1.26. The Morgan fingerprint density at radius 1 is 1.30 bits per heavy atom. The Morgan fingerprint density at radius 2 is 2.00 bits per heavy atom. The van der Waals surface area contributed by atoms with Crippen molar-refractivity contribution >= 4 is 11.9 Å². The fraction of sp³-hybridized carbons (Fsp3) is 0.867. The van der Waals surface area contributed by atoms with Gasteiger partial charge in [0, 0.05) is 26.7 Å². The lowest BCUT2D eigenvalue weighted by atomic mass is 9.97. The van der Waals surface area contributed by atoms with Crippen LogP contribution in [0.1, 0.15) is 45.4 Å². The molecule has 0 amide bonds. The summed E-state index contributed by atoms with van der Waals surface area (Å²) in [7, 11) is 3.28. The topological polar surface area (TPSA) is 53.9 Å². The van der Waals surface area contributed by atoms with Crippen LogP contribution in [0, 0.1) is 5.92 Å². The van der Waals surface area contributed by atoms with Gasteiger partial charge in [-0.05, 0) is 19.3 Å². The summed E-state index contributed by atoms with van der Waals surface area (Å²) in [5, 5.41) is 3.42. The van der Waals surface area contributed by atoms with Crippen LogP contribution in [0.2, 0.25) is 0 Å². The molecular weight excluding hydrogens is 254 g/mol. The van der Waals surface area contributed by atoms with Crippen LogP contribution >= 0.6 is 0 Å². The number of hydrogen-bond donors (Lipinski definition) is 1. The van der Waals surface area contributed by atoms with Crippen LogP contribution in [-0.2, 0) is 9.53 Å². The van der Waals surface area contributed by atoms with Crippen molar-refractivity contribution in [2.24, 2.45) is 10.9 Å². The number of ether oxygens (including phenoxy) is 1. The van der Waals surface area contributed by atoms with Gasteiger partial charge in [-0.1, -0.05) is 26.2 Å². The molecule has 5 nitrogen and oxygen atoms in total. The molecule has 5 heteroatoms. The minimum absolute atomic E-state index is 0.0545. The Balaban J connectivity index is 2.28. The van der Waals surface area contributed by atoms with Gasteiger partial charge in [0.25, 0.3) is 0 Å². The molecule has 0 unspecified atom stereocenters. The number of likely N-dealkylation sites (tertiary alicyclic amines) is 1. The van der Waals surface area contributed by atoms with Gasteiger partial charge in [0.05, 0.1) is 13.0 Å². The van der Waals surface area contributed by atoms with E-state index in [1.165, 1.54) is 32.8 Å². The predicted octanol–water partition coefficient (Wildman–Crippen LogP) is 2.03. The molecule has 116 valence electrons. The van der Waals surface area contributed by atoms with E-state index in [2.05, 4.69) is 22.1 Å². The van der Waals surface area contributed by atoms with Gasteiger partial charge >= 0.3 is 5.97 Å². The van der Waals surface area contributed by atoms with Crippen LogP contribution in [0.15, 0.2) is 4.99 Å². The maximum absolute atomic E-state index is 11.5. The van der Waals surface area contributed by atoms with Gasteiger partial charge in [0.15, 0.2) is 5.96 Å². The number of aliphatic imine (C=N–C) groups is 1. The average Bonchev–Trinajstić information content (AvgIpc) is 2.50. The van der Waals surface area contributed by atoms with Crippen molar-refractivity contribution in [1.29, 1.82) is 0 Å². The van der Waals surface area contributed by atoms with Gasteiger partial charge < -0.3 is 15.0 Å². The van der Waals surface area contributed by atoms with Gasteiger partial charge in [0.2, 0.25) is 0 Å². The first-order valence-electron chi connectivity index (χ1n) is 7.76. The molecule has 1 fully saturated rings. The number of nitrogens with zero attached hydrogens (tertiary/aromatic N) is 2. The molecule has 0 bridgehead atoms. The zero-order valence-electron chi connectivity index (χ0n) is 13.2. The number of esters is 1. The number of rotatable bonds is 6. The molecule has 0 atom stereocenters. The summed E-state index contributed by atoms with van der Waals surface area (Å²) in [6, 6.07) is 0. The van der Waals surface area contributed by atoms with Gasteiger partial charge in [-0.25, -0.2) is 0 Å². The minimum atomic E-state index is -0.0767.